The second kappa shape index (κ2) is 5.96. The van der Waals surface area contributed by atoms with Crippen molar-refractivity contribution >= 4 is 21.4 Å². The van der Waals surface area contributed by atoms with Gasteiger partial charge in [0.2, 0.25) is 10.0 Å². The number of hydrogen-bond donors (Lipinski definition) is 1. The van der Waals surface area contributed by atoms with Gasteiger partial charge in [-0.25, -0.2) is 8.42 Å². The van der Waals surface area contributed by atoms with Gasteiger partial charge in [-0.3, -0.25) is 9.71 Å². The molecular formula is C16H19N3O2S. The van der Waals surface area contributed by atoms with Crippen LogP contribution in [-0.2, 0) is 23.1 Å². The first-order valence-corrected chi connectivity index (χ1v) is 9.00. The summed E-state index contributed by atoms with van der Waals surface area (Å²) in [6, 6.07) is 9.56. The molecule has 0 aliphatic carbocycles. The molecule has 116 valence electrons. The lowest BCUT2D eigenvalue weighted by Crippen LogP contribution is -2.17. The molecule has 0 spiro atoms. The van der Waals surface area contributed by atoms with Crippen LogP contribution in [-0.4, -0.2) is 19.2 Å². The lowest BCUT2D eigenvalue weighted by atomic mass is 10.2. The molecule has 1 aliphatic heterocycles. The van der Waals surface area contributed by atoms with Crippen LogP contribution >= 0.6 is 0 Å². The maximum atomic E-state index is 11.8. The smallest absolute Gasteiger partial charge is 0.232 e. The van der Waals surface area contributed by atoms with E-state index in [1.807, 2.05) is 49.6 Å². The maximum Gasteiger partial charge on any atom is 0.232 e. The summed E-state index contributed by atoms with van der Waals surface area (Å²) in [5.41, 5.74) is 4.23. The van der Waals surface area contributed by atoms with Gasteiger partial charge in [0.15, 0.2) is 0 Å². The van der Waals surface area contributed by atoms with Gasteiger partial charge in [-0.1, -0.05) is 6.92 Å². The molecule has 0 amide bonds. The molecule has 6 heteroatoms. The molecule has 3 rings (SSSR count). The van der Waals surface area contributed by atoms with Crippen LogP contribution in [0.15, 0.2) is 42.7 Å². The van der Waals surface area contributed by atoms with E-state index < -0.39 is 10.0 Å². The minimum Gasteiger partial charge on any atom is -0.363 e. The highest BCUT2D eigenvalue weighted by Gasteiger charge is 2.19. The van der Waals surface area contributed by atoms with E-state index in [1.165, 1.54) is 11.1 Å². The summed E-state index contributed by atoms with van der Waals surface area (Å²) in [6.07, 6.45) is 4.32. The Morgan fingerprint density at radius 1 is 1.14 bits per heavy atom. The first-order chi connectivity index (χ1) is 10.6. The quantitative estimate of drug-likeness (QED) is 0.921. The summed E-state index contributed by atoms with van der Waals surface area (Å²) in [7, 11) is -3.23. The Labute approximate surface area is 131 Å². The zero-order valence-corrected chi connectivity index (χ0v) is 13.3. The lowest BCUT2D eigenvalue weighted by Gasteiger charge is -2.18. The van der Waals surface area contributed by atoms with Crippen molar-refractivity contribution in [2.24, 2.45) is 0 Å². The molecular weight excluding hydrogens is 298 g/mol. The van der Waals surface area contributed by atoms with Crippen LogP contribution in [0.1, 0.15) is 24.5 Å². The number of fused-ring (bicyclic) bond motifs is 1. The Kier molecular flexibility index (Phi) is 4.02. The molecule has 2 heterocycles. The second-order valence-electron chi connectivity index (χ2n) is 5.47. The molecule has 0 saturated heterocycles. The van der Waals surface area contributed by atoms with Gasteiger partial charge >= 0.3 is 0 Å². The number of benzene rings is 1. The number of nitrogens with zero attached hydrogens (tertiary/aromatic N) is 2. The Bertz CT molecular complexity index is 732. The average molecular weight is 317 g/mol. The molecule has 0 saturated carbocycles. The van der Waals surface area contributed by atoms with Crippen molar-refractivity contribution in [3.63, 3.8) is 0 Å². The van der Waals surface area contributed by atoms with Crippen LogP contribution in [0.25, 0.3) is 0 Å². The number of pyridine rings is 1. The van der Waals surface area contributed by atoms with Gasteiger partial charge in [0.25, 0.3) is 0 Å². The van der Waals surface area contributed by atoms with Gasteiger partial charge in [0.05, 0.1) is 5.75 Å². The van der Waals surface area contributed by atoms with Gasteiger partial charge in [0, 0.05) is 36.9 Å². The van der Waals surface area contributed by atoms with Gasteiger partial charge < -0.3 is 4.90 Å². The minimum absolute atomic E-state index is 0.142. The summed E-state index contributed by atoms with van der Waals surface area (Å²) in [4.78, 5) is 6.40. The van der Waals surface area contributed by atoms with Crippen LogP contribution in [0.5, 0.6) is 0 Å². The summed E-state index contributed by atoms with van der Waals surface area (Å²) in [5.74, 6) is 0.142. The summed E-state index contributed by atoms with van der Waals surface area (Å²) in [5, 5.41) is 0. The molecule has 0 bridgehead atoms. The third kappa shape index (κ3) is 3.22. The summed E-state index contributed by atoms with van der Waals surface area (Å²) in [6.45, 7) is 3.55. The standard InChI is InChI=1S/C16H19N3O2S/c1-2-9-22(20,21)18-15-3-5-16(6-4-15)19-11-13-7-8-17-10-14(13)12-19/h3-8,10,18H,2,9,11-12H2,1H3. The monoisotopic (exact) mass is 317 g/mol. The molecule has 1 aromatic heterocycles. The fourth-order valence-corrected chi connectivity index (χ4v) is 3.78. The zero-order chi connectivity index (χ0) is 15.6. The Hall–Kier alpha value is -2.08. The third-order valence-corrected chi connectivity index (χ3v) is 5.20. The Morgan fingerprint density at radius 3 is 2.55 bits per heavy atom. The number of aromatic nitrogens is 1. The van der Waals surface area contributed by atoms with Crippen molar-refractivity contribution in [3.05, 3.63) is 53.9 Å². The van der Waals surface area contributed by atoms with Crippen molar-refractivity contribution in [1.29, 1.82) is 0 Å². The van der Waals surface area contributed by atoms with E-state index in [0.29, 0.717) is 12.1 Å². The normalized spacial score (nSPS) is 14.0. The van der Waals surface area contributed by atoms with E-state index in [0.717, 1.165) is 18.8 Å². The zero-order valence-electron chi connectivity index (χ0n) is 12.5. The Morgan fingerprint density at radius 2 is 1.86 bits per heavy atom. The topological polar surface area (TPSA) is 62.3 Å². The highest BCUT2D eigenvalue weighted by atomic mass is 32.2. The van der Waals surface area contributed by atoms with Crippen LogP contribution in [0.4, 0.5) is 11.4 Å². The van der Waals surface area contributed by atoms with Crippen LogP contribution < -0.4 is 9.62 Å². The number of rotatable bonds is 5. The van der Waals surface area contributed by atoms with E-state index >= 15 is 0 Å². The van der Waals surface area contributed by atoms with Gasteiger partial charge in [-0.2, -0.15) is 0 Å². The molecule has 0 unspecified atom stereocenters. The highest BCUT2D eigenvalue weighted by molar-refractivity contribution is 7.92. The van der Waals surface area contributed by atoms with Gasteiger partial charge in [-0.05, 0) is 47.9 Å². The molecule has 22 heavy (non-hydrogen) atoms. The fraction of sp³-hybridized carbons (Fsp3) is 0.312. The molecule has 2 aromatic rings. The van der Waals surface area contributed by atoms with E-state index in [-0.39, 0.29) is 5.75 Å². The van der Waals surface area contributed by atoms with Gasteiger partial charge in [-0.15, -0.1) is 0 Å². The first kappa shape index (κ1) is 14.8. The molecule has 1 aliphatic rings. The van der Waals surface area contributed by atoms with E-state index in [1.54, 1.807) is 0 Å². The first-order valence-electron chi connectivity index (χ1n) is 7.34. The van der Waals surface area contributed by atoms with Crippen LogP contribution in [0.2, 0.25) is 0 Å². The van der Waals surface area contributed by atoms with Crippen molar-refractivity contribution in [1.82, 2.24) is 4.98 Å². The van der Waals surface area contributed by atoms with Crippen LogP contribution in [0.3, 0.4) is 0 Å². The van der Waals surface area contributed by atoms with E-state index in [4.69, 9.17) is 0 Å². The molecule has 1 aromatic carbocycles. The minimum atomic E-state index is -3.23. The molecule has 0 fully saturated rings. The predicted octanol–water partition coefficient (Wildman–Crippen LogP) is 2.75. The molecule has 0 atom stereocenters. The molecule has 5 nitrogen and oxygen atoms in total. The van der Waals surface area contributed by atoms with E-state index in [9.17, 15) is 8.42 Å². The lowest BCUT2D eigenvalue weighted by molar-refractivity contribution is 0.600. The van der Waals surface area contributed by atoms with E-state index in [2.05, 4.69) is 14.6 Å². The highest BCUT2D eigenvalue weighted by Crippen LogP contribution is 2.28. The number of sulfonamides is 1. The number of anilines is 2. The molecule has 0 radical (unpaired) electrons. The predicted molar refractivity (Wildman–Crippen MR) is 88.3 cm³/mol. The summed E-state index contributed by atoms with van der Waals surface area (Å²) < 4.78 is 26.1. The Balaban J connectivity index is 1.71. The van der Waals surface area contributed by atoms with Crippen molar-refractivity contribution in [2.75, 3.05) is 15.4 Å². The van der Waals surface area contributed by atoms with Crippen molar-refractivity contribution < 1.29 is 8.42 Å². The summed E-state index contributed by atoms with van der Waals surface area (Å²) >= 11 is 0. The van der Waals surface area contributed by atoms with Gasteiger partial charge in [0.1, 0.15) is 0 Å². The average Bonchev–Trinajstić information content (AvgIpc) is 2.91. The maximum absolute atomic E-state index is 11.8. The molecule has 1 N–H and O–H groups in total. The fourth-order valence-electron chi connectivity index (χ4n) is 2.64. The largest absolute Gasteiger partial charge is 0.363 e. The number of hydrogen-bond acceptors (Lipinski definition) is 4. The van der Waals surface area contributed by atoms with Crippen molar-refractivity contribution in [3.8, 4) is 0 Å². The van der Waals surface area contributed by atoms with Crippen molar-refractivity contribution in [2.45, 2.75) is 26.4 Å². The van der Waals surface area contributed by atoms with Crippen LogP contribution in [0, 0.1) is 0 Å². The number of nitrogens with one attached hydrogen (secondary N) is 1. The second-order valence-corrected chi connectivity index (χ2v) is 7.31. The SMILES string of the molecule is CCCS(=O)(=O)Nc1ccc(N2Cc3ccncc3C2)cc1. The third-order valence-electron chi connectivity index (χ3n) is 3.71.